The average molecular weight is 185 g/mol. The molecule has 1 aromatic heterocycles. The molecular weight excluding hydrogens is 174 g/mol. The van der Waals surface area contributed by atoms with Gasteiger partial charge in [-0.25, -0.2) is 0 Å². The van der Waals surface area contributed by atoms with Crippen molar-refractivity contribution in [1.82, 2.24) is 15.5 Å². The van der Waals surface area contributed by atoms with Gasteiger partial charge in [0.25, 0.3) is 5.56 Å². The van der Waals surface area contributed by atoms with E-state index in [9.17, 15) is 4.79 Å². The number of aromatic amines is 2. The zero-order valence-corrected chi connectivity index (χ0v) is 7.41. The van der Waals surface area contributed by atoms with Crippen molar-refractivity contribution in [2.24, 2.45) is 0 Å². The van der Waals surface area contributed by atoms with Crippen LogP contribution in [0.15, 0.2) is 11.0 Å². The summed E-state index contributed by atoms with van der Waals surface area (Å²) in [6, 6.07) is 0.221. The minimum Gasteiger partial charge on any atom is -0.308 e. The van der Waals surface area contributed by atoms with Gasteiger partial charge in [-0.2, -0.15) is 11.8 Å². The van der Waals surface area contributed by atoms with Gasteiger partial charge in [0.2, 0.25) is 0 Å². The Kier molecular flexibility index (Phi) is 2.23. The van der Waals surface area contributed by atoms with Crippen LogP contribution in [0.4, 0.5) is 0 Å². The molecule has 2 heterocycles. The van der Waals surface area contributed by atoms with Crippen LogP contribution in [-0.2, 0) is 0 Å². The second kappa shape index (κ2) is 3.37. The topological polar surface area (TPSA) is 60.7 Å². The normalized spacial score (nSPS) is 24.2. The molecule has 0 amide bonds. The van der Waals surface area contributed by atoms with Gasteiger partial charge in [-0.1, -0.05) is 0 Å². The fourth-order valence-electron chi connectivity index (χ4n) is 1.34. The van der Waals surface area contributed by atoms with E-state index in [0.29, 0.717) is 0 Å². The summed E-state index contributed by atoms with van der Waals surface area (Å²) in [6.45, 7) is 0.986. The summed E-state index contributed by atoms with van der Waals surface area (Å²) in [5.74, 6) is 2.12. The van der Waals surface area contributed by atoms with Crippen molar-refractivity contribution in [3.05, 3.63) is 22.1 Å². The van der Waals surface area contributed by atoms with E-state index in [1.165, 1.54) is 0 Å². The zero-order chi connectivity index (χ0) is 8.39. The molecule has 1 fully saturated rings. The summed E-state index contributed by atoms with van der Waals surface area (Å²) >= 11 is 1.88. The smallest absolute Gasteiger partial charge is 0.268 e. The van der Waals surface area contributed by atoms with E-state index in [1.54, 1.807) is 6.20 Å². The maximum absolute atomic E-state index is 11.2. The van der Waals surface area contributed by atoms with Crippen LogP contribution < -0.4 is 10.9 Å². The number of rotatable bonds is 1. The molecular formula is C7H11N3OS. The van der Waals surface area contributed by atoms with Gasteiger partial charge in [-0.3, -0.25) is 9.89 Å². The molecule has 5 heteroatoms. The van der Waals surface area contributed by atoms with Crippen molar-refractivity contribution in [2.75, 3.05) is 18.1 Å². The zero-order valence-electron chi connectivity index (χ0n) is 6.59. The molecule has 0 saturated carbocycles. The third kappa shape index (κ3) is 1.42. The van der Waals surface area contributed by atoms with Crippen molar-refractivity contribution >= 4 is 11.8 Å². The van der Waals surface area contributed by atoms with E-state index >= 15 is 0 Å². The lowest BCUT2D eigenvalue weighted by molar-refractivity contribution is 0.592. The molecule has 66 valence electrons. The molecule has 1 aliphatic rings. The van der Waals surface area contributed by atoms with Gasteiger partial charge in [0.15, 0.2) is 0 Å². The number of aromatic nitrogens is 2. The summed E-state index contributed by atoms with van der Waals surface area (Å²) in [6.07, 6.45) is 1.74. The second-order valence-corrected chi connectivity index (χ2v) is 3.93. The van der Waals surface area contributed by atoms with E-state index in [1.807, 2.05) is 11.8 Å². The number of hydrogen-bond acceptors (Lipinski definition) is 3. The number of thioether (sulfide) groups is 1. The predicted molar refractivity (Wildman–Crippen MR) is 49.5 cm³/mol. The Morgan fingerprint density at radius 2 is 2.50 bits per heavy atom. The Hall–Kier alpha value is -0.680. The number of H-pyrrole nitrogens is 2. The SMILES string of the molecule is O=c1[nH][nH]cc1C1CSCCN1. The Bertz CT molecular complexity index is 300. The Morgan fingerprint density at radius 3 is 3.08 bits per heavy atom. The van der Waals surface area contributed by atoms with Crippen molar-refractivity contribution in [3.8, 4) is 0 Å². The largest absolute Gasteiger partial charge is 0.308 e. The minimum atomic E-state index is -0.00463. The van der Waals surface area contributed by atoms with Crippen molar-refractivity contribution in [1.29, 1.82) is 0 Å². The molecule has 1 saturated heterocycles. The van der Waals surface area contributed by atoms with Crippen molar-refractivity contribution in [2.45, 2.75) is 6.04 Å². The number of hydrogen-bond donors (Lipinski definition) is 3. The highest BCUT2D eigenvalue weighted by molar-refractivity contribution is 7.99. The molecule has 1 atom stereocenters. The maximum Gasteiger partial charge on any atom is 0.268 e. The van der Waals surface area contributed by atoms with Crippen LogP contribution >= 0.6 is 11.8 Å². The van der Waals surface area contributed by atoms with Gasteiger partial charge in [-0.05, 0) is 0 Å². The molecule has 2 rings (SSSR count). The molecule has 0 aliphatic carbocycles. The standard InChI is InChI=1S/C7H11N3OS/c11-7-5(3-9-10-7)6-4-12-2-1-8-6/h3,6,8H,1-2,4H2,(H2,9,10,11). The van der Waals surface area contributed by atoms with Gasteiger partial charge in [0.05, 0.1) is 5.56 Å². The molecule has 1 aromatic rings. The van der Waals surface area contributed by atoms with Crippen molar-refractivity contribution in [3.63, 3.8) is 0 Å². The highest BCUT2D eigenvalue weighted by Crippen LogP contribution is 2.18. The van der Waals surface area contributed by atoms with Crippen LogP contribution in [0.2, 0.25) is 0 Å². The van der Waals surface area contributed by atoms with Crippen LogP contribution in [0.1, 0.15) is 11.6 Å². The summed E-state index contributed by atoms with van der Waals surface area (Å²) in [5, 5.41) is 8.55. The first-order valence-corrected chi connectivity index (χ1v) is 5.10. The van der Waals surface area contributed by atoms with Gasteiger partial charge in [0, 0.05) is 30.3 Å². The third-order valence-electron chi connectivity index (χ3n) is 1.97. The Balaban J connectivity index is 2.18. The molecule has 0 spiro atoms. The first-order valence-electron chi connectivity index (χ1n) is 3.95. The molecule has 3 N–H and O–H groups in total. The lowest BCUT2D eigenvalue weighted by Crippen LogP contribution is -2.32. The Labute approximate surface area is 74.1 Å². The third-order valence-corrected chi connectivity index (χ3v) is 3.03. The van der Waals surface area contributed by atoms with Crippen LogP contribution in [0.5, 0.6) is 0 Å². The van der Waals surface area contributed by atoms with E-state index in [0.717, 1.165) is 23.6 Å². The monoisotopic (exact) mass is 185 g/mol. The Morgan fingerprint density at radius 1 is 1.58 bits per heavy atom. The lowest BCUT2D eigenvalue weighted by Gasteiger charge is -2.21. The number of nitrogens with one attached hydrogen (secondary N) is 3. The predicted octanol–water partition coefficient (Wildman–Crippen LogP) is 0.0805. The fraction of sp³-hybridized carbons (Fsp3) is 0.571. The van der Waals surface area contributed by atoms with Crippen LogP contribution in [0, 0.1) is 0 Å². The molecule has 12 heavy (non-hydrogen) atoms. The lowest BCUT2D eigenvalue weighted by atomic mass is 10.2. The van der Waals surface area contributed by atoms with Crippen LogP contribution in [0.25, 0.3) is 0 Å². The fourth-order valence-corrected chi connectivity index (χ4v) is 2.30. The van der Waals surface area contributed by atoms with Crippen LogP contribution in [-0.4, -0.2) is 28.2 Å². The van der Waals surface area contributed by atoms with Gasteiger partial charge < -0.3 is 10.4 Å². The first kappa shape index (κ1) is 7.94. The molecule has 1 unspecified atom stereocenters. The molecule has 4 nitrogen and oxygen atoms in total. The molecule has 0 radical (unpaired) electrons. The highest BCUT2D eigenvalue weighted by atomic mass is 32.2. The van der Waals surface area contributed by atoms with Gasteiger partial charge in [-0.15, -0.1) is 0 Å². The average Bonchev–Trinajstić information content (AvgIpc) is 2.53. The first-order chi connectivity index (χ1) is 5.88. The molecule has 0 aromatic carbocycles. The van der Waals surface area contributed by atoms with Gasteiger partial charge in [0.1, 0.15) is 0 Å². The van der Waals surface area contributed by atoms with E-state index in [4.69, 9.17) is 0 Å². The van der Waals surface area contributed by atoms with Gasteiger partial charge >= 0.3 is 0 Å². The minimum absolute atomic E-state index is 0.00463. The quantitative estimate of drug-likeness (QED) is 0.580. The maximum atomic E-state index is 11.2. The molecule has 1 aliphatic heterocycles. The summed E-state index contributed by atoms with van der Waals surface area (Å²) < 4.78 is 0. The highest BCUT2D eigenvalue weighted by Gasteiger charge is 2.17. The van der Waals surface area contributed by atoms with Crippen LogP contribution in [0.3, 0.4) is 0 Å². The van der Waals surface area contributed by atoms with E-state index < -0.39 is 0 Å². The second-order valence-electron chi connectivity index (χ2n) is 2.78. The summed E-state index contributed by atoms with van der Waals surface area (Å²) in [4.78, 5) is 11.2. The van der Waals surface area contributed by atoms with Crippen molar-refractivity contribution < 1.29 is 0 Å². The molecule has 0 bridgehead atoms. The summed E-state index contributed by atoms with van der Waals surface area (Å²) in [7, 11) is 0. The summed E-state index contributed by atoms with van der Waals surface area (Å²) in [5.41, 5.74) is 0.817. The van der Waals surface area contributed by atoms with E-state index in [2.05, 4.69) is 15.5 Å². The van der Waals surface area contributed by atoms with E-state index in [-0.39, 0.29) is 11.6 Å².